The predicted molar refractivity (Wildman–Crippen MR) is 66.2 cm³/mol. The van der Waals surface area contributed by atoms with Crippen molar-refractivity contribution in [3.05, 3.63) is 28.1 Å². The Kier molecular flexibility index (Phi) is 2.15. The zero-order valence-electron chi connectivity index (χ0n) is 7.96. The number of anilines is 1. The zero-order valence-corrected chi connectivity index (χ0v) is 10.4. The van der Waals surface area contributed by atoms with E-state index in [1.54, 1.807) is 11.3 Å². The van der Waals surface area contributed by atoms with Gasteiger partial charge < -0.3 is 5.73 Å². The molecule has 3 aromatic rings. The lowest BCUT2D eigenvalue weighted by Gasteiger charge is -1.97. The van der Waals surface area contributed by atoms with Crippen LogP contribution >= 0.6 is 27.3 Å². The fraction of sp³-hybridized carbons (Fsp3) is 0. The summed E-state index contributed by atoms with van der Waals surface area (Å²) >= 11 is 5.04. The second kappa shape index (κ2) is 3.53. The summed E-state index contributed by atoms with van der Waals surface area (Å²) in [4.78, 5) is 1.07. The topological polar surface area (TPSA) is 69.1 Å². The van der Waals surface area contributed by atoms with Crippen LogP contribution in [0.5, 0.6) is 0 Å². The molecule has 0 aliphatic rings. The van der Waals surface area contributed by atoms with Gasteiger partial charge in [-0.1, -0.05) is 0 Å². The van der Waals surface area contributed by atoms with Gasteiger partial charge in [0.1, 0.15) is 5.69 Å². The molecule has 0 fully saturated rings. The van der Waals surface area contributed by atoms with Crippen LogP contribution in [0.25, 0.3) is 16.2 Å². The number of nitrogens with zero attached hydrogens (tertiary/aromatic N) is 4. The van der Waals surface area contributed by atoms with Crippen LogP contribution in [0.4, 0.5) is 5.95 Å². The molecule has 5 nitrogen and oxygen atoms in total. The van der Waals surface area contributed by atoms with Crippen molar-refractivity contribution >= 4 is 38.9 Å². The number of hydrogen-bond acceptors (Lipinski definition) is 5. The van der Waals surface area contributed by atoms with Gasteiger partial charge in [-0.15, -0.1) is 21.5 Å². The molecule has 0 spiro atoms. The number of halogens is 1. The summed E-state index contributed by atoms with van der Waals surface area (Å²) in [6, 6.07) is 7.74. The monoisotopic (exact) mass is 295 g/mol. The zero-order chi connectivity index (χ0) is 11.1. The van der Waals surface area contributed by atoms with E-state index in [9.17, 15) is 0 Å². The summed E-state index contributed by atoms with van der Waals surface area (Å²) in [5.41, 5.74) is 7.16. The van der Waals surface area contributed by atoms with Crippen molar-refractivity contribution in [1.29, 1.82) is 0 Å². The van der Waals surface area contributed by atoms with Gasteiger partial charge in [0, 0.05) is 0 Å². The summed E-state index contributed by atoms with van der Waals surface area (Å²) in [5.74, 6) is 0.299. The molecule has 3 heterocycles. The molecule has 0 aliphatic heterocycles. The van der Waals surface area contributed by atoms with E-state index in [0.29, 0.717) is 11.6 Å². The fourth-order valence-corrected chi connectivity index (χ4v) is 2.74. The molecule has 16 heavy (non-hydrogen) atoms. The molecule has 0 atom stereocenters. The number of rotatable bonds is 1. The van der Waals surface area contributed by atoms with Crippen molar-refractivity contribution < 1.29 is 0 Å². The molecule has 0 bridgehead atoms. The van der Waals surface area contributed by atoms with E-state index >= 15 is 0 Å². The first-order chi connectivity index (χ1) is 7.74. The molecule has 0 radical (unpaired) electrons. The molecule has 3 aromatic heterocycles. The molecular formula is C9H6BrN5S. The lowest BCUT2D eigenvalue weighted by atomic mass is 10.3. The molecule has 0 saturated heterocycles. The van der Waals surface area contributed by atoms with Gasteiger partial charge >= 0.3 is 0 Å². The average molecular weight is 296 g/mol. The van der Waals surface area contributed by atoms with Crippen LogP contribution in [0.15, 0.2) is 28.1 Å². The first-order valence-corrected chi connectivity index (χ1v) is 6.08. The van der Waals surface area contributed by atoms with Crippen LogP contribution in [-0.2, 0) is 0 Å². The number of nitrogen functional groups attached to an aromatic ring is 1. The second-order valence-corrected chi connectivity index (χ2v) is 5.61. The largest absolute Gasteiger partial charge is 0.366 e. The Morgan fingerprint density at radius 3 is 2.81 bits per heavy atom. The minimum absolute atomic E-state index is 0.299. The van der Waals surface area contributed by atoms with Crippen molar-refractivity contribution in [3.63, 3.8) is 0 Å². The van der Waals surface area contributed by atoms with E-state index in [2.05, 4.69) is 31.2 Å². The van der Waals surface area contributed by atoms with Crippen molar-refractivity contribution in [3.8, 4) is 10.6 Å². The van der Waals surface area contributed by atoms with Crippen LogP contribution in [0.1, 0.15) is 0 Å². The molecule has 3 rings (SSSR count). The molecule has 80 valence electrons. The summed E-state index contributed by atoms with van der Waals surface area (Å²) in [7, 11) is 0. The third-order valence-corrected chi connectivity index (χ3v) is 3.76. The highest BCUT2D eigenvalue weighted by Gasteiger charge is 2.07. The molecular weight excluding hydrogens is 290 g/mol. The Morgan fingerprint density at radius 2 is 2.06 bits per heavy atom. The maximum absolute atomic E-state index is 5.65. The van der Waals surface area contributed by atoms with Crippen LogP contribution in [-0.4, -0.2) is 19.8 Å². The van der Waals surface area contributed by atoms with Crippen molar-refractivity contribution in [2.75, 3.05) is 5.73 Å². The lowest BCUT2D eigenvalue weighted by Crippen LogP contribution is -1.98. The van der Waals surface area contributed by atoms with Gasteiger partial charge in [0.15, 0.2) is 5.65 Å². The van der Waals surface area contributed by atoms with E-state index in [-0.39, 0.29) is 0 Å². The Balaban J connectivity index is 2.21. The third kappa shape index (κ3) is 1.48. The number of nitrogens with two attached hydrogens (primary N) is 1. The van der Waals surface area contributed by atoms with Crippen LogP contribution < -0.4 is 5.73 Å². The highest BCUT2D eigenvalue weighted by atomic mass is 79.9. The van der Waals surface area contributed by atoms with Gasteiger partial charge in [-0.2, -0.15) is 9.61 Å². The number of hydrogen-bond donors (Lipinski definition) is 1. The number of fused-ring (bicyclic) bond motifs is 1. The maximum atomic E-state index is 5.65. The van der Waals surface area contributed by atoms with Gasteiger partial charge in [0.05, 0.1) is 8.66 Å². The highest BCUT2D eigenvalue weighted by Crippen LogP contribution is 2.29. The minimum atomic E-state index is 0.299. The van der Waals surface area contributed by atoms with Gasteiger partial charge in [-0.25, -0.2) is 0 Å². The van der Waals surface area contributed by atoms with Gasteiger partial charge in [0.25, 0.3) is 0 Å². The van der Waals surface area contributed by atoms with E-state index < -0.39 is 0 Å². The standard InChI is InChI=1S/C9H6BrN5S/c10-7-3-2-6(16-7)5-1-4-8-12-13-9(11)15(8)14-5/h1-4H,(H2,11,13). The Morgan fingerprint density at radius 1 is 1.19 bits per heavy atom. The average Bonchev–Trinajstić information content (AvgIpc) is 2.86. The smallest absolute Gasteiger partial charge is 0.243 e. The molecule has 0 amide bonds. The molecule has 2 N–H and O–H groups in total. The fourth-order valence-electron chi connectivity index (χ4n) is 1.39. The number of thiophene rings is 1. The summed E-state index contributed by atoms with van der Waals surface area (Å²) < 4.78 is 2.60. The highest BCUT2D eigenvalue weighted by molar-refractivity contribution is 9.11. The van der Waals surface area contributed by atoms with Crippen molar-refractivity contribution in [2.24, 2.45) is 0 Å². The quantitative estimate of drug-likeness (QED) is 0.747. The van der Waals surface area contributed by atoms with Crippen molar-refractivity contribution in [2.45, 2.75) is 0 Å². The predicted octanol–water partition coefficient (Wildman–Crippen LogP) is 2.20. The Bertz CT molecular complexity index is 659. The van der Waals surface area contributed by atoms with Crippen LogP contribution in [0.2, 0.25) is 0 Å². The van der Waals surface area contributed by atoms with Crippen molar-refractivity contribution in [1.82, 2.24) is 19.8 Å². The first kappa shape index (κ1) is 9.73. The van der Waals surface area contributed by atoms with Gasteiger partial charge in [-0.05, 0) is 40.2 Å². The maximum Gasteiger partial charge on any atom is 0.243 e. The molecule has 0 aromatic carbocycles. The normalized spacial score (nSPS) is 11.1. The van der Waals surface area contributed by atoms with Gasteiger partial charge in [0.2, 0.25) is 5.95 Å². The van der Waals surface area contributed by atoms with E-state index in [1.807, 2.05) is 24.3 Å². The minimum Gasteiger partial charge on any atom is -0.366 e. The molecule has 7 heteroatoms. The Labute approximate surface area is 103 Å². The van der Waals surface area contributed by atoms with E-state index in [0.717, 1.165) is 14.4 Å². The number of aromatic nitrogens is 4. The summed E-state index contributed by atoms with van der Waals surface area (Å²) in [6.45, 7) is 0. The summed E-state index contributed by atoms with van der Waals surface area (Å²) in [6.07, 6.45) is 0. The molecule has 0 aliphatic carbocycles. The Hall–Kier alpha value is -1.47. The second-order valence-electron chi connectivity index (χ2n) is 3.15. The molecule has 0 saturated carbocycles. The third-order valence-electron chi connectivity index (χ3n) is 2.11. The lowest BCUT2D eigenvalue weighted by molar-refractivity contribution is 0.948. The van der Waals surface area contributed by atoms with Crippen LogP contribution in [0, 0.1) is 0 Å². The first-order valence-electron chi connectivity index (χ1n) is 4.48. The van der Waals surface area contributed by atoms with E-state index in [4.69, 9.17) is 5.73 Å². The van der Waals surface area contributed by atoms with Crippen LogP contribution in [0.3, 0.4) is 0 Å². The van der Waals surface area contributed by atoms with Gasteiger partial charge in [-0.3, -0.25) is 0 Å². The SMILES string of the molecule is Nc1nnc2ccc(-c3ccc(Br)s3)nn12. The summed E-state index contributed by atoms with van der Waals surface area (Å²) in [5, 5.41) is 12.0. The van der Waals surface area contributed by atoms with E-state index in [1.165, 1.54) is 4.52 Å². The molecule has 0 unspecified atom stereocenters.